The zero-order chi connectivity index (χ0) is 9.10. The Balaban J connectivity index is 2.47. The van der Waals surface area contributed by atoms with E-state index in [0.717, 1.165) is 16.0 Å². The molecule has 0 unspecified atom stereocenters. The first-order chi connectivity index (χ1) is 6.42. The van der Waals surface area contributed by atoms with Crippen molar-refractivity contribution in [1.29, 1.82) is 0 Å². The topological polar surface area (TPSA) is 33.1 Å². The predicted molar refractivity (Wildman–Crippen MR) is 53.5 cm³/mol. The molecule has 1 aromatic carbocycles. The summed E-state index contributed by atoms with van der Waals surface area (Å²) in [6.07, 6.45) is 1.72. The van der Waals surface area contributed by atoms with E-state index in [-0.39, 0.29) is 6.61 Å². The van der Waals surface area contributed by atoms with E-state index in [0.29, 0.717) is 0 Å². The lowest BCUT2D eigenvalue weighted by molar-refractivity contribution is 0.282. The van der Waals surface area contributed by atoms with Gasteiger partial charge < -0.3 is 5.11 Å². The van der Waals surface area contributed by atoms with Gasteiger partial charge in [0.25, 0.3) is 0 Å². The Morgan fingerprint density at radius 1 is 1.23 bits per heavy atom. The summed E-state index contributed by atoms with van der Waals surface area (Å²) in [5, 5.41) is 9.04. The van der Waals surface area contributed by atoms with Gasteiger partial charge in [-0.2, -0.15) is 0 Å². The van der Waals surface area contributed by atoms with Gasteiger partial charge in [0, 0.05) is 11.8 Å². The molecule has 0 aliphatic heterocycles. The second-order valence-corrected chi connectivity index (χ2v) is 3.51. The summed E-state index contributed by atoms with van der Waals surface area (Å²) in [6.45, 7) is 0.0563. The van der Waals surface area contributed by atoms with Gasteiger partial charge in [-0.25, -0.2) is 4.37 Å². The Labute approximate surface area is 80.6 Å². The van der Waals surface area contributed by atoms with E-state index >= 15 is 0 Å². The second kappa shape index (κ2) is 3.68. The van der Waals surface area contributed by atoms with Crippen LogP contribution >= 0.6 is 11.5 Å². The summed E-state index contributed by atoms with van der Waals surface area (Å²) < 4.78 is 4.05. The molecule has 0 amide bonds. The van der Waals surface area contributed by atoms with Crippen molar-refractivity contribution >= 4 is 11.5 Å². The number of nitrogens with zero attached hydrogens (tertiary/aromatic N) is 1. The predicted octanol–water partition coefficient (Wildman–Crippen LogP) is 2.30. The molecule has 0 radical (unpaired) electrons. The van der Waals surface area contributed by atoms with Gasteiger partial charge in [-0.3, -0.25) is 0 Å². The molecule has 0 aliphatic carbocycles. The minimum absolute atomic E-state index is 0.0563. The van der Waals surface area contributed by atoms with Crippen LogP contribution in [0.4, 0.5) is 0 Å². The molecule has 0 atom stereocenters. The standard InChI is InChI=1S/C10H9NOS/c12-7-9-6-11-13-10(9)8-4-2-1-3-5-8/h1-6,12H,7H2. The fourth-order valence-electron chi connectivity index (χ4n) is 1.20. The number of hydrogen-bond acceptors (Lipinski definition) is 3. The van der Waals surface area contributed by atoms with Gasteiger partial charge in [-0.05, 0) is 17.1 Å². The van der Waals surface area contributed by atoms with E-state index in [9.17, 15) is 0 Å². The molecule has 3 heteroatoms. The number of aromatic nitrogens is 1. The maximum Gasteiger partial charge on any atom is 0.0711 e. The molecule has 0 fully saturated rings. The average molecular weight is 191 g/mol. The van der Waals surface area contributed by atoms with E-state index < -0.39 is 0 Å². The van der Waals surface area contributed by atoms with Gasteiger partial charge in [-0.15, -0.1) is 0 Å². The van der Waals surface area contributed by atoms with Crippen LogP contribution in [0.25, 0.3) is 10.4 Å². The quantitative estimate of drug-likeness (QED) is 0.790. The Hall–Kier alpha value is -1.19. The Bertz CT molecular complexity index is 383. The number of rotatable bonds is 2. The van der Waals surface area contributed by atoms with Crippen LogP contribution in [0.1, 0.15) is 5.56 Å². The Morgan fingerprint density at radius 2 is 2.00 bits per heavy atom. The third-order valence-corrected chi connectivity index (χ3v) is 2.74. The summed E-state index contributed by atoms with van der Waals surface area (Å²) in [7, 11) is 0. The molecule has 1 N–H and O–H groups in total. The molecule has 0 bridgehead atoms. The second-order valence-electron chi connectivity index (χ2n) is 2.70. The largest absolute Gasteiger partial charge is 0.392 e. The lowest BCUT2D eigenvalue weighted by atomic mass is 10.1. The van der Waals surface area contributed by atoms with Crippen molar-refractivity contribution in [2.24, 2.45) is 0 Å². The molecule has 2 aromatic rings. The third-order valence-electron chi connectivity index (χ3n) is 1.85. The van der Waals surface area contributed by atoms with E-state index in [1.807, 2.05) is 30.3 Å². The van der Waals surface area contributed by atoms with Crippen molar-refractivity contribution < 1.29 is 5.11 Å². The summed E-state index contributed by atoms with van der Waals surface area (Å²) in [4.78, 5) is 1.06. The summed E-state index contributed by atoms with van der Waals surface area (Å²) in [5.74, 6) is 0. The molecule has 1 heterocycles. The summed E-state index contributed by atoms with van der Waals surface area (Å²) in [5.41, 5.74) is 2.02. The van der Waals surface area contributed by atoms with Crippen LogP contribution in [0.3, 0.4) is 0 Å². The van der Waals surface area contributed by atoms with E-state index in [1.165, 1.54) is 11.5 Å². The molecule has 0 saturated heterocycles. The maximum absolute atomic E-state index is 9.04. The van der Waals surface area contributed by atoms with Crippen molar-refractivity contribution in [3.05, 3.63) is 42.1 Å². The highest BCUT2D eigenvalue weighted by molar-refractivity contribution is 7.09. The van der Waals surface area contributed by atoms with Crippen LogP contribution in [-0.2, 0) is 6.61 Å². The van der Waals surface area contributed by atoms with Crippen LogP contribution in [0.15, 0.2) is 36.5 Å². The highest BCUT2D eigenvalue weighted by Gasteiger charge is 2.05. The lowest BCUT2D eigenvalue weighted by Crippen LogP contribution is -1.81. The van der Waals surface area contributed by atoms with Crippen molar-refractivity contribution in [1.82, 2.24) is 4.37 Å². The molecular formula is C10H9NOS. The first-order valence-corrected chi connectivity index (χ1v) is 4.79. The molecule has 66 valence electrons. The molecule has 2 rings (SSSR count). The highest BCUT2D eigenvalue weighted by atomic mass is 32.1. The molecule has 13 heavy (non-hydrogen) atoms. The SMILES string of the molecule is OCc1cnsc1-c1ccccc1. The minimum atomic E-state index is 0.0563. The van der Waals surface area contributed by atoms with E-state index in [4.69, 9.17) is 5.11 Å². The highest BCUT2D eigenvalue weighted by Crippen LogP contribution is 2.26. The fourth-order valence-corrected chi connectivity index (χ4v) is 1.96. The summed E-state index contributed by atoms with van der Waals surface area (Å²) in [6, 6.07) is 9.98. The first kappa shape index (κ1) is 8.41. The first-order valence-electron chi connectivity index (χ1n) is 4.01. The fraction of sp³-hybridized carbons (Fsp3) is 0.100. The van der Waals surface area contributed by atoms with Crippen molar-refractivity contribution in [2.45, 2.75) is 6.61 Å². The van der Waals surface area contributed by atoms with E-state index in [1.54, 1.807) is 6.20 Å². The van der Waals surface area contributed by atoms with Gasteiger partial charge >= 0.3 is 0 Å². The molecule has 0 aliphatic rings. The van der Waals surface area contributed by atoms with Gasteiger partial charge in [0.1, 0.15) is 0 Å². The minimum Gasteiger partial charge on any atom is -0.392 e. The normalized spacial score (nSPS) is 10.2. The molecule has 1 aromatic heterocycles. The molecule has 0 saturated carbocycles. The zero-order valence-electron chi connectivity index (χ0n) is 6.97. The van der Waals surface area contributed by atoms with Gasteiger partial charge in [0.15, 0.2) is 0 Å². The van der Waals surface area contributed by atoms with Crippen molar-refractivity contribution in [2.75, 3.05) is 0 Å². The van der Waals surface area contributed by atoms with Crippen LogP contribution in [0.2, 0.25) is 0 Å². The Kier molecular flexibility index (Phi) is 2.38. The van der Waals surface area contributed by atoms with Crippen molar-refractivity contribution in [3.8, 4) is 10.4 Å². The Morgan fingerprint density at radius 3 is 2.69 bits per heavy atom. The van der Waals surface area contributed by atoms with Crippen LogP contribution in [0.5, 0.6) is 0 Å². The zero-order valence-corrected chi connectivity index (χ0v) is 7.79. The van der Waals surface area contributed by atoms with E-state index in [2.05, 4.69) is 4.37 Å². The van der Waals surface area contributed by atoms with Crippen LogP contribution < -0.4 is 0 Å². The van der Waals surface area contributed by atoms with Crippen LogP contribution in [-0.4, -0.2) is 9.48 Å². The average Bonchev–Trinajstić information content (AvgIpc) is 2.67. The molecule has 2 nitrogen and oxygen atoms in total. The third kappa shape index (κ3) is 1.61. The van der Waals surface area contributed by atoms with Crippen molar-refractivity contribution in [3.63, 3.8) is 0 Å². The number of aliphatic hydroxyl groups excluding tert-OH is 1. The van der Waals surface area contributed by atoms with Gasteiger partial charge in [0.05, 0.1) is 11.5 Å². The lowest BCUT2D eigenvalue weighted by Gasteiger charge is -1.98. The molecular weight excluding hydrogens is 182 g/mol. The molecule has 0 spiro atoms. The maximum atomic E-state index is 9.04. The number of hydrogen-bond donors (Lipinski definition) is 1. The van der Waals surface area contributed by atoms with Gasteiger partial charge in [-0.1, -0.05) is 30.3 Å². The smallest absolute Gasteiger partial charge is 0.0711 e. The monoisotopic (exact) mass is 191 g/mol. The van der Waals surface area contributed by atoms with Crippen LogP contribution in [0, 0.1) is 0 Å². The summed E-state index contributed by atoms with van der Waals surface area (Å²) >= 11 is 1.42. The van der Waals surface area contributed by atoms with Gasteiger partial charge in [0.2, 0.25) is 0 Å². The number of aliphatic hydroxyl groups is 1. The number of benzene rings is 1.